The van der Waals surface area contributed by atoms with Gasteiger partial charge in [0.2, 0.25) is 0 Å². The van der Waals surface area contributed by atoms with Crippen LogP contribution in [-0.4, -0.2) is 20.2 Å². The molecule has 74 valence electrons. The first-order valence-corrected chi connectivity index (χ1v) is 5.06. The number of nitrogens with zero attached hydrogens (tertiary/aromatic N) is 4. The van der Waals surface area contributed by atoms with Gasteiger partial charge in [0.1, 0.15) is 0 Å². The Kier molecular flexibility index (Phi) is 3.66. The van der Waals surface area contributed by atoms with Crippen molar-refractivity contribution in [2.24, 2.45) is 5.92 Å². The fourth-order valence-corrected chi connectivity index (χ4v) is 1.66. The molecule has 0 spiro atoms. The van der Waals surface area contributed by atoms with Gasteiger partial charge in [0.05, 0.1) is 11.9 Å². The molecule has 0 bridgehead atoms. The number of halogens is 1. The molecule has 0 amide bonds. The van der Waals surface area contributed by atoms with Crippen molar-refractivity contribution in [3.05, 3.63) is 5.82 Å². The summed E-state index contributed by atoms with van der Waals surface area (Å²) in [6, 6.07) is 0.351. The van der Waals surface area contributed by atoms with Crippen LogP contribution < -0.4 is 0 Å². The Balaban J connectivity index is 2.90. The highest BCUT2D eigenvalue weighted by Crippen LogP contribution is 2.21. The molecule has 0 fully saturated rings. The van der Waals surface area contributed by atoms with Gasteiger partial charge in [0, 0.05) is 0 Å². The lowest BCUT2D eigenvalue weighted by molar-refractivity contribution is 0.324. The summed E-state index contributed by atoms with van der Waals surface area (Å²) >= 11 is 5.72. The molecule has 0 saturated carbocycles. The highest BCUT2D eigenvalue weighted by Gasteiger charge is 2.17. The lowest BCUT2D eigenvalue weighted by Gasteiger charge is -2.19. The molecular formula is C8H15ClN4. The molecule has 1 unspecified atom stereocenters. The fourth-order valence-electron chi connectivity index (χ4n) is 1.48. The van der Waals surface area contributed by atoms with Gasteiger partial charge < -0.3 is 0 Å². The maximum absolute atomic E-state index is 5.72. The van der Waals surface area contributed by atoms with E-state index in [9.17, 15) is 0 Å². The third-order valence-electron chi connectivity index (χ3n) is 2.18. The molecule has 0 N–H and O–H groups in total. The van der Waals surface area contributed by atoms with Gasteiger partial charge in [-0.05, 0) is 22.8 Å². The van der Waals surface area contributed by atoms with Gasteiger partial charge in [-0.3, -0.25) is 0 Å². The summed E-state index contributed by atoms with van der Waals surface area (Å²) in [5.41, 5.74) is 0. The molecule has 0 radical (unpaired) electrons. The van der Waals surface area contributed by atoms with E-state index in [1.54, 1.807) is 0 Å². The van der Waals surface area contributed by atoms with E-state index in [4.69, 9.17) is 11.6 Å². The molecule has 1 aromatic heterocycles. The zero-order valence-corrected chi connectivity index (χ0v) is 8.99. The van der Waals surface area contributed by atoms with Crippen LogP contribution in [0.1, 0.15) is 39.1 Å². The minimum atomic E-state index is 0.351. The molecule has 1 atom stereocenters. The Hall–Kier alpha value is -0.640. The summed E-state index contributed by atoms with van der Waals surface area (Å²) in [7, 11) is 0. The topological polar surface area (TPSA) is 43.6 Å². The third-order valence-corrected chi connectivity index (χ3v) is 2.42. The van der Waals surface area contributed by atoms with E-state index in [0.29, 0.717) is 17.8 Å². The van der Waals surface area contributed by atoms with Crippen LogP contribution in [-0.2, 0) is 5.88 Å². The van der Waals surface area contributed by atoms with Crippen LogP contribution >= 0.6 is 11.6 Å². The lowest BCUT2D eigenvalue weighted by Crippen LogP contribution is -2.18. The predicted octanol–water partition coefficient (Wildman–Crippen LogP) is 2.02. The zero-order valence-electron chi connectivity index (χ0n) is 8.24. The SMILES string of the molecule is CCC(C(C)C)n1nnnc1CCl. The fraction of sp³-hybridized carbons (Fsp3) is 0.875. The molecule has 1 aromatic rings. The van der Waals surface area contributed by atoms with Gasteiger partial charge in [0.25, 0.3) is 0 Å². The molecule has 1 heterocycles. The normalized spacial score (nSPS) is 13.6. The van der Waals surface area contributed by atoms with Crippen molar-refractivity contribution in [3.63, 3.8) is 0 Å². The minimum Gasteiger partial charge on any atom is -0.225 e. The molecule has 0 saturated heterocycles. The second-order valence-corrected chi connectivity index (χ2v) is 3.66. The first-order chi connectivity index (χ1) is 6.20. The Morgan fingerprint density at radius 3 is 2.62 bits per heavy atom. The predicted molar refractivity (Wildman–Crippen MR) is 51.5 cm³/mol. The molecule has 0 aliphatic heterocycles. The van der Waals surface area contributed by atoms with Gasteiger partial charge in [-0.2, -0.15) is 0 Å². The number of hydrogen-bond acceptors (Lipinski definition) is 3. The molecule has 1 rings (SSSR count). The van der Waals surface area contributed by atoms with Gasteiger partial charge >= 0.3 is 0 Å². The Morgan fingerprint density at radius 2 is 2.15 bits per heavy atom. The number of aromatic nitrogens is 4. The largest absolute Gasteiger partial charge is 0.225 e. The van der Waals surface area contributed by atoms with Crippen LogP contribution in [0, 0.1) is 5.92 Å². The van der Waals surface area contributed by atoms with E-state index in [2.05, 4.69) is 36.3 Å². The van der Waals surface area contributed by atoms with E-state index in [0.717, 1.165) is 12.2 Å². The van der Waals surface area contributed by atoms with E-state index >= 15 is 0 Å². The highest BCUT2D eigenvalue weighted by molar-refractivity contribution is 6.16. The van der Waals surface area contributed by atoms with Crippen LogP contribution in [0.3, 0.4) is 0 Å². The standard InChI is InChI=1S/C8H15ClN4/c1-4-7(6(2)3)13-8(5-9)10-11-12-13/h6-7H,4-5H2,1-3H3. The van der Waals surface area contributed by atoms with Crippen LogP contribution in [0.15, 0.2) is 0 Å². The summed E-state index contributed by atoms with van der Waals surface area (Å²) in [5.74, 6) is 1.65. The lowest BCUT2D eigenvalue weighted by atomic mass is 10.0. The summed E-state index contributed by atoms with van der Waals surface area (Å²) in [4.78, 5) is 0. The number of rotatable bonds is 4. The van der Waals surface area contributed by atoms with E-state index in [1.165, 1.54) is 0 Å². The van der Waals surface area contributed by atoms with E-state index < -0.39 is 0 Å². The maximum atomic E-state index is 5.72. The first kappa shape index (κ1) is 10.4. The van der Waals surface area contributed by atoms with Gasteiger partial charge in [0.15, 0.2) is 5.82 Å². The van der Waals surface area contributed by atoms with Crippen molar-refractivity contribution in [2.75, 3.05) is 0 Å². The maximum Gasteiger partial charge on any atom is 0.166 e. The Bertz CT molecular complexity index is 258. The van der Waals surface area contributed by atoms with Gasteiger partial charge in [-0.1, -0.05) is 20.8 Å². The quantitative estimate of drug-likeness (QED) is 0.702. The van der Waals surface area contributed by atoms with Crippen LogP contribution in [0.2, 0.25) is 0 Å². The Morgan fingerprint density at radius 1 is 1.46 bits per heavy atom. The van der Waals surface area contributed by atoms with Crippen molar-refractivity contribution < 1.29 is 0 Å². The van der Waals surface area contributed by atoms with Crippen molar-refractivity contribution in [1.29, 1.82) is 0 Å². The molecule has 0 aromatic carbocycles. The van der Waals surface area contributed by atoms with Crippen molar-refractivity contribution in [3.8, 4) is 0 Å². The van der Waals surface area contributed by atoms with Crippen molar-refractivity contribution in [1.82, 2.24) is 20.2 Å². The molecule has 5 heteroatoms. The number of alkyl halides is 1. The summed E-state index contributed by atoms with van der Waals surface area (Å²) < 4.78 is 1.83. The van der Waals surface area contributed by atoms with Gasteiger partial charge in [-0.25, -0.2) is 4.68 Å². The number of tetrazole rings is 1. The van der Waals surface area contributed by atoms with Crippen molar-refractivity contribution in [2.45, 2.75) is 39.1 Å². The second-order valence-electron chi connectivity index (χ2n) is 3.39. The smallest absolute Gasteiger partial charge is 0.166 e. The molecule has 4 nitrogen and oxygen atoms in total. The van der Waals surface area contributed by atoms with E-state index in [-0.39, 0.29) is 0 Å². The highest BCUT2D eigenvalue weighted by atomic mass is 35.5. The average Bonchev–Trinajstić information content (AvgIpc) is 2.53. The molecule has 13 heavy (non-hydrogen) atoms. The molecular weight excluding hydrogens is 188 g/mol. The summed E-state index contributed by atoms with van der Waals surface area (Å²) in [6.07, 6.45) is 1.02. The van der Waals surface area contributed by atoms with Crippen LogP contribution in [0.25, 0.3) is 0 Å². The average molecular weight is 203 g/mol. The van der Waals surface area contributed by atoms with Crippen molar-refractivity contribution >= 4 is 11.6 Å². The molecule has 0 aliphatic rings. The second kappa shape index (κ2) is 4.56. The van der Waals surface area contributed by atoms with Gasteiger partial charge in [-0.15, -0.1) is 16.7 Å². The minimum absolute atomic E-state index is 0.351. The summed E-state index contributed by atoms with van der Waals surface area (Å²) in [6.45, 7) is 6.45. The van der Waals surface area contributed by atoms with E-state index in [1.807, 2.05) is 4.68 Å². The van der Waals surface area contributed by atoms with Crippen LogP contribution in [0.5, 0.6) is 0 Å². The van der Waals surface area contributed by atoms with Crippen LogP contribution in [0.4, 0.5) is 0 Å². The number of hydrogen-bond donors (Lipinski definition) is 0. The Labute approximate surface area is 83.3 Å². The third kappa shape index (κ3) is 2.18. The zero-order chi connectivity index (χ0) is 9.84. The monoisotopic (exact) mass is 202 g/mol. The summed E-state index contributed by atoms with van der Waals surface area (Å²) in [5, 5.41) is 11.4. The first-order valence-electron chi connectivity index (χ1n) is 4.53. The molecule has 0 aliphatic carbocycles.